The van der Waals surface area contributed by atoms with Crippen molar-refractivity contribution in [1.82, 2.24) is 14.8 Å². The number of amides is 1. The van der Waals surface area contributed by atoms with E-state index in [0.29, 0.717) is 11.0 Å². The maximum Gasteiger partial charge on any atom is 0.293 e. The monoisotopic (exact) mass is 419 g/mol. The summed E-state index contributed by atoms with van der Waals surface area (Å²) in [6.45, 7) is 0. The lowest BCUT2D eigenvalue weighted by atomic mass is 9.93. The zero-order chi connectivity index (χ0) is 20.5. The Balaban J connectivity index is 1.50. The number of aromatic nitrogens is 3. The highest BCUT2D eigenvalue weighted by Gasteiger charge is 2.31. The lowest BCUT2D eigenvalue weighted by Crippen LogP contribution is -2.28. The molecular formula is C22H18ClN5O2. The number of hydrogen-bond acceptors (Lipinski definition) is 5. The maximum absolute atomic E-state index is 12.3. The number of halogens is 1. The summed E-state index contributed by atoms with van der Waals surface area (Å²) in [5, 5.41) is 11.4. The van der Waals surface area contributed by atoms with Gasteiger partial charge < -0.3 is 9.73 Å². The van der Waals surface area contributed by atoms with Crippen molar-refractivity contribution in [1.29, 1.82) is 0 Å². The summed E-state index contributed by atoms with van der Waals surface area (Å²) < 4.78 is 6.95. The van der Waals surface area contributed by atoms with E-state index in [1.807, 2.05) is 42.5 Å². The second-order valence-corrected chi connectivity index (χ2v) is 7.48. The highest BCUT2D eigenvalue weighted by atomic mass is 35.5. The molecule has 0 fully saturated rings. The van der Waals surface area contributed by atoms with Crippen molar-refractivity contribution in [3.05, 3.63) is 94.9 Å². The highest BCUT2D eigenvalue weighted by Crippen LogP contribution is 2.38. The van der Waals surface area contributed by atoms with Gasteiger partial charge in [0.2, 0.25) is 5.95 Å². The minimum atomic E-state index is -0.398. The lowest BCUT2D eigenvalue weighted by Gasteiger charge is -2.31. The van der Waals surface area contributed by atoms with E-state index < -0.39 is 5.91 Å². The Morgan fingerprint density at radius 3 is 2.60 bits per heavy atom. The number of benzene rings is 2. The zero-order valence-electron chi connectivity index (χ0n) is 15.8. The van der Waals surface area contributed by atoms with Crippen molar-refractivity contribution >= 4 is 29.4 Å². The van der Waals surface area contributed by atoms with Crippen LogP contribution in [-0.4, -0.2) is 20.7 Å². The first-order chi connectivity index (χ1) is 14.7. The van der Waals surface area contributed by atoms with Gasteiger partial charge in [-0.25, -0.2) is 4.68 Å². The lowest BCUT2D eigenvalue weighted by molar-refractivity contribution is 0.0995. The molecule has 0 bridgehead atoms. The maximum atomic E-state index is 12.3. The Morgan fingerprint density at radius 2 is 1.87 bits per heavy atom. The van der Waals surface area contributed by atoms with E-state index in [0.717, 1.165) is 17.5 Å². The molecule has 2 aromatic heterocycles. The minimum Gasteiger partial charge on any atom is -0.459 e. The highest BCUT2D eigenvalue weighted by molar-refractivity contribution is 6.30. The standard InChI is InChI=1S/C22H18ClN5O2/c23-16-10-8-15(9-11-16)18-13-17(14-5-2-1-3-6-14)24-22-26-21(27-28(18)22)25-20(29)19-7-4-12-30-19/h1-12,17-18H,13H2,(H2,24,25,26,27,29)/t17-,18-/m1/s1. The van der Waals surface area contributed by atoms with Crippen LogP contribution >= 0.6 is 11.6 Å². The molecule has 3 heterocycles. The van der Waals surface area contributed by atoms with Crippen LogP contribution in [0, 0.1) is 0 Å². The predicted molar refractivity (Wildman–Crippen MR) is 114 cm³/mol. The van der Waals surface area contributed by atoms with Gasteiger partial charge >= 0.3 is 0 Å². The number of furan rings is 1. The Labute approximate surface area is 177 Å². The molecule has 1 aliphatic rings. The number of anilines is 2. The largest absolute Gasteiger partial charge is 0.459 e. The fourth-order valence-electron chi connectivity index (χ4n) is 3.67. The van der Waals surface area contributed by atoms with E-state index >= 15 is 0 Å². The van der Waals surface area contributed by atoms with Crippen LogP contribution in [0.15, 0.2) is 77.4 Å². The van der Waals surface area contributed by atoms with Gasteiger partial charge in [0, 0.05) is 5.02 Å². The molecule has 8 heteroatoms. The van der Waals surface area contributed by atoms with Crippen LogP contribution < -0.4 is 10.6 Å². The average molecular weight is 420 g/mol. The predicted octanol–water partition coefficient (Wildman–Crippen LogP) is 4.92. The number of nitrogens with zero attached hydrogens (tertiary/aromatic N) is 3. The molecule has 4 aromatic rings. The van der Waals surface area contributed by atoms with Crippen LogP contribution in [-0.2, 0) is 0 Å². The van der Waals surface area contributed by atoms with Crippen molar-refractivity contribution in [3.63, 3.8) is 0 Å². The molecule has 1 amide bonds. The topological polar surface area (TPSA) is 85.0 Å². The Hall–Kier alpha value is -3.58. The number of nitrogens with one attached hydrogen (secondary N) is 2. The Morgan fingerprint density at radius 1 is 1.07 bits per heavy atom. The first-order valence-electron chi connectivity index (χ1n) is 9.56. The summed E-state index contributed by atoms with van der Waals surface area (Å²) in [6.07, 6.45) is 2.22. The molecule has 0 aliphatic carbocycles. The van der Waals surface area contributed by atoms with E-state index in [2.05, 4.69) is 32.8 Å². The quantitative estimate of drug-likeness (QED) is 0.490. The van der Waals surface area contributed by atoms with Crippen molar-refractivity contribution in [2.24, 2.45) is 0 Å². The van der Waals surface area contributed by atoms with Gasteiger partial charge in [0.25, 0.3) is 11.9 Å². The fourth-order valence-corrected chi connectivity index (χ4v) is 3.79. The molecule has 2 aromatic carbocycles. The molecule has 30 heavy (non-hydrogen) atoms. The van der Waals surface area contributed by atoms with Crippen LogP contribution in [0.1, 0.15) is 40.2 Å². The summed E-state index contributed by atoms with van der Waals surface area (Å²) in [6, 6.07) is 21.2. The second-order valence-electron chi connectivity index (χ2n) is 7.05. The number of carbonyl (C=O) groups is 1. The SMILES string of the molecule is O=C(Nc1nc2n(n1)[C@@H](c1ccc(Cl)cc1)C[C@H](c1ccccc1)N2)c1ccco1. The van der Waals surface area contributed by atoms with Crippen molar-refractivity contribution in [3.8, 4) is 0 Å². The minimum absolute atomic E-state index is 0.0530. The van der Waals surface area contributed by atoms with Crippen molar-refractivity contribution in [2.45, 2.75) is 18.5 Å². The first kappa shape index (κ1) is 18.4. The Bertz CT molecular complexity index is 1160. The second kappa shape index (κ2) is 7.68. The van der Waals surface area contributed by atoms with Crippen LogP contribution in [0.4, 0.5) is 11.9 Å². The van der Waals surface area contributed by atoms with Gasteiger partial charge in [-0.3, -0.25) is 10.1 Å². The molecule has 0 saturated carbocycles. The van der Waals surface area contributed by atoms with Gasteiger partial charge in [-0.05, 0) is 41.8 Å². The first-order valence-corrected chi connectivity index (χ1v) is 9.93. The summed E-state index contributed by atoms with van der Waals surface area (Å²) in [5.41, 5.74) is 2.23. The van der Waals surface area contributed by atoms with E-state index in [1.54, 1.807) is 16.8 Å². The summed E-state index contributed by atoms with van der Waals surface area (Å²) in [4.78, 5) is 16.8. The fraction of sp³-hybridized carbons (Fsp3) is 0.136. The van der Waals surface area contributed by atoms with Crippen LogP contribution in [0.2, 0.25) is 5.02 Å². The third-order valence-electron chi connectivity index (χ3n) is 5.12. The van der Waals surface area contributed by atoms with Gasteiger partial charge in [-0.1, -0.05) is 54.1 Å². The van der Waals surface area contributed by atoms with Crippen LogP contribution in [0.25, 0.3) is 0 Å². The van der Waals surface area contributed by atoms with Crippen molar-refractivity contribution < 1.29 is 9.21 Å². The van der Waals surface area contributed by atoms with E-state index in [-0.39, 0.29) is 23.8 Å². The third-order valence-corrected chi connectivity index (χ3v) is 5.37. The molecule has 2 atom stereocenters. The molecule has 150 valence electrons. The molecule has 2 N–H and O–H groups in total. The average Bonchev–Trinajstić information content (AvgIpc) is 3.44. The van der Waals surface area contributed by atoms with Crippen LogP contribution in [0.5, 0.6) is 0 Å². The van der Waals surface area contributed by atoms with Crippen LogP contribution in [0.3, 0.4) is 0 Å². The Kier molecular flexibility index (Phi) is 4.72. The number of fused-ring (bicyclic) bond motifs is 1. The number of hydrogen-bond donors (Lipinski definition) is 2. The van der Waals surface area contributed by atoms with Gasteiger partial charge in [0.15, 0.2) is 5.76 Å². The summed E-state index contributed by atoms with van der Waals surface area (Å²) in [5.74, 6) is 0.606. The normalized spacial score (nSPS) is 17.8. The molecule has 0 radical (unpaired) electrons. The van der Waals surface area contributed by atoms with E-state index in [4.69, 9.17) is 16.0 Å². The molecule has 7 nitrogen and oxygen atoms in total. The third kappa shape index (κ3) is 3.55. The van der Waals surface area contributed by atoms with E-state index in [1.165, 1.54) is 6.26 Å². The molecular weight excluding hydrogens is 402 g/mol. The number of rotatable bonds is 4. The van der Waals surface area contributed by atoms with Gasteiger partial charge in [-0.15, -0.1) is 5.10 Å². The van der Waals surface area contributed by atoms with Gasteiger partial charge in [0.05, 0.1) is 18.3 Å². The van der Waals surface area contributed by atoms with E-state index in [9.17, 15) is 4.79 Å². The molecule has 0 spiro atoms. The summed E-state index contributed by atoms with van der Waals surface area (Å²) in [7, 11) is 0. The van der Waals surface area contributed by atoms with Gasteiger partial charge in [0.1, 0.15) is 0 Å². The van der Waals surface area contributed by atoms with Gasteiger partial charge in [-0.2, -0.15) is 4.98 Å². The summed E-state index contributed by atoms with van der Waals surface area (Å²) >= 11 is 6.08. The molecule has 1 aliphatic heterocycles. The molecule has 5 rings (SSSR count). The molecule has 0 unspecified atom stereocenters. The molecule has 0 saturated heterocycles. The smallest absolute Gasteiger partial charge is 0.293 e. The number of carbonyl (C=O) groups excluding carboxylic acids is 1. The zero-order valence-corrected chi connectivity index (χ0v) is 16.6. The van der Waals surface area contributed by atoms with Crippen molar-refractivity contribution in [2.75, 3.05) is 10.6 Å².